The minimum Gasteiger partial charge on any atom is -0.299 e. The Morgan fingerprint density at radius 1 is 1.09 bits per heavy atom. The van der Waals surface area contributed by atoms with E-state index in [9.17, 15) is 0 Å². The molecule has 1 fully saturated rings. The van der Waals surface area contributed by atoms with E-state index >= 15 is 0 Å². The Morgan fingerprint density at radius 3 is 2.57 bits per heavy atom. The summed E-state index contributed by atoms with van der Waals surface area (Å²) in [6, 6.07) is 19.3. The van der Waals surface area contributed by atoms with Gasteiger partial charge in [-0.1, -0.05) is 60.2 Å². The van der Waals surface area contributed by atoms with E-state index in [-0.39, 0.29) is 0 Å². The SMILES string of the molecule is Cc1ccc([C@@H]2C[C@H]2c2n[nH]c(=S)n2Cc2ccccc2)cc1. The second kappa shape index (κ2) is 5.78. The average molecular weight is 321 g/mol. The van der Waals surface area contributed by atoms with Crippen LogP contribution < -0.4 is 0 Å². The summed E-state index contributed by atoms with van der Waals surface area (Å²) < 4.78 is 2.85. The summed E-state index contributed by atoms with van der Waals surface area (Å²) in [5.74, 6) is 2.12. The number of hydrogen-bond acceptors (Lipinski definition) is 2. The summed E-state index contributed by atoms with van der Waals surface area (Å²) in [7, 11) is 0. The second-order valence-electron chi connectivity index (χ2n) is 6.32. The van der Waals surface area contributed by atoms with Crippen molar-refractivity contribution in [3.05, 3.63) is 81.9 Å². The molecule has 0 radical (unpaired) electrons. The Labute approximate surface area is 141 Å². The Kier molecular flexibility index (Phi) is 3.62. The van der Waals surface area contributed by atoms with Gasteiger partial charge < -0.3 is 0 Å². The molecule has 1 aromatic heterocycles. The van der Waals surface area contributed by atoms with Crippen LogP contribution in [0.2, 0.25) is 0 Å². The van der Waals surface area contributed by atoms with Gasteiger partial charge in [-0.2, -0.15) is 5.10 Å². The number of benzene rings is 2. The molecule has 2 atom stereocenters. The Hall–Kier alpha value is -2.20. The predicted octanol–water partition coefficient (Wildman–Crippen LogP) is 4.57. The van der Waals surface area contributed by atoms with Crippen molar-refractivity contribution in [2.24, 2.45) is 0 Å². The van der Waals surface area contributed by atoms with Crippen LogP contribution in [0.4, 0.5) is 0 Å². The third kappa shape index (κ3) is 2.86. The van der Waals surface area contributed by atoms with E-state index in [1.54, 1.807) is 0 Å². The first-order valence-electron chi connectivity index (χ1n) is 7.98. The second-order valence-corrected chi connectivity index (χ2v) is 6.70. The van der Waals surface area contributed by atoms with Crippen LogP contribution in [-0.2, 0) is 6.54 Å². The Balaban J connectivity index is 1.59. The summed E-state index contributed by atoms with van der Waals surface area (Å²) in [6.45, 7) is 2.90. The fourth-order valence-electron chi connectivity index (χ4n) is 3.19. The van der Waals surface area contributed by atoms with Crippen molar-refractivity contribution in [3.63, 3.8) is 0 Å². The number of aromatic amines is 1. The normalized spacial score (nSPS) is 19.7. The maximum atomic E-state index is 5.44. The summed E-state index contributed by atoms with van der Waals surface area (Å²) in [5.41, 5.74) is 3.96. The number of nitrogens with one attached hydrogen (secondary N) is 1. The Morgan fingerprint density at radius 2 is 1.83 bits per heavy atom. The topological polar surface area (TPSA) is 33.6 Å². The van der Waals surface area contributed by atoms with Gasteiger partial charge in [0.25, 0.3) is 0 Å². The van der Waals surface area contributed by atoms with Gasteiger partial charge in [0.05, 0.1) is 6.54 Å². The van der Waals surface area contributed by atoms with Crippen molar-refractivity contribution >= 4 is 12.2 Å². The molecule has 0 aliphatic heterocycles. The van der Waals surface area contributed by atoms with Crippen LogP contribution in [0.25, 0.3) is 0 Å². The highest BCUT2D eigenvalue weighted by Crippen LogP contribution is 2.54. The van der Waals surface area contributed by atoms with Gasteiger partial charge in [-0.3, -0.25) is 9.67 Å². The van der Waals surface area contributed by atoms with Gasteiger partial charge in [-0.15, -0.1) is 0 Å². The molecule has 1 aliphatic carbocycles. The molecule has 4 rings (SSSR count). The fraction of sp³-hybridized carbons (Fsp3) is 0.263. The molecule has 4 heteroatoms. The monoisotopic (exact) mass is 321 g/mol. The van der Waals surface area contributed by atoms with Gasteiger partial charge in [0.15, 0.2) is 4.77 Å². The van der Waals surface area contributed by atoms with Gasteiger partial charge in [0.1, 0.15) is 5.82 Å². The maximum absolute atomic E-state index is 5.44. The maximum Gasteiger partial charge on any atom is 0.195 e. The molecule has 0 spiro atoms. The molecule has 1 aliphatic rings. The number of nitrogens with zero attached hydrogens (tertiary/aromatic N) is 2. The molecule has 1 N–H and O–H groups in total. The summed E-state index contributed by atoms with van der Waals surface area (Å²) in [4.78, 5) is 0. The number of hydrogen-bond donors (Lipinski definition) is 1. The summed E-state index contributed by atoms with van der Waals surface area (Å²) in [5, 5.41) is 7.49. The van der Waals surface area contributed by atoms with E-state index in [1.807, 2.05) is 6.07 Å². The van der Waals surface area contributed by atoms with Crippen LogP contribution in [0.15, 0.2) is 54.6 Å². The van der Waals surface area contributed by atoms with Crippen LogP contribution in [0.3, 0.4) is 0 Å². The number of H-pyrrole nitrogens is 1. The molecule has 1 heterocycles. The van der Waals surface area contributed by atoms with Crippen LogP contribution in [0.1, 0.15) is 40.8 Å². The van der Waals surface area contributed by atoms with Gasteiger partial charge in [-0.25, -0.2) is 0 Å². The molecule has 0 amide bonds. The van der Waals surface area contributed by atoms with E-state index < -0.39 is 0 Å². The largest absolute Gasteiger partial charge is 0.299 e. The molecule has 1 saturated carbocycles. The van der Waals surface area contributed by atoms with Crippen molar-refractivity contribution in [3.8, 4) is 0 Å². The van der Waals surface area contributed by atoms with Crippen LogP contribution >= 0.6 is 12.2 Å². The minimum absolute atomic E-state index is 0.467. The molecule has 0 bridgehead atoms. The van der Waals surface area contributed by atoms with E-state index in [4.69, 9.17) is 12.2 Å². The van der Waals surface area contributed by atoms with Crippen molar-refractivity contribution in [1.29, 1.82) is 0 Å². The van der Waals surface area contributed by atoms with Gasteiger partial charge in [-0.05, 0) is 42.6 Å². The van der Waals surface area contributed by atoms with Crippen molar-refractivity contribution < 1.29 is 0 Å². The zero-order chi connectivity index (χ0) is 15.8. The molecule has 3 aromatic rings. The number of aromatic nitrogens is 3. The zero-order valence-corrected chi connectivity index (χ0v) is 13.9. The third-order valence-electron chi connectivity index (χ3n) is 4.60. The standard InChI is InChI=1S/C19H19N3S/c1-13-7-9-15(10-8-13)16-11-17(16)18-20-21-19(23)22(18)12-14-5-3-2-4-6-14/h2-10,16-17H,11-12H2,1H3,(H,21,23)/t16-,17+/m0/s1. The molecule has 0 unspecified atom stereocenters. The lowest BCUT2D eigenvalue weighted by atomic mass is 10.1. The lowest BCUT2D eigenvalue weighted by Crippen LogP contribution is -2.05. The van der Waals surface area contributed by atoms with Crippen LogP contribution in [0, 0.1) is 11.7 Å². The van der Waals surface area contributed by atoms with Crippen LogP contribution in [0.5, 0.6) is 0 Å². The van der Waals surface area contributed by atoms with Gasteiger partial charge >= 0.3 is 0 Å². The van der Waals surface area contributed by atoms with E-state index in [0.717, 1.165) is 18.8 Å². The fourth-order valence-corrected chi connectivity index (χ4v) is 3.40. The quantitative estimate of drug-likeness (QED) is 0.714. The van der Waals surface area contributed by atoms with Crippen molar-refractivity contribution in [2.45, 2.75) is 31.7 Å². The third-order valence-corrected chi connectivity index (χ3v) is 4.91. The van der Waals surface area contributed by atoms with Crippen molar-refractivity contribution in [1.82, 2.24) is 14.8 Å². The molecular formula is C19H19N3S. The van der Waals surface area contributed by atoms with Crippen molar-refractivity contribution in [2.75, 3.05) is 0 Å². The smallest absolute Gasteiger partial charge is 0.195 e. The molecule has 23 heavy (non-hydrogen) atoms. The lowest BCUT2D eigenvalue weighted by molar-refractivity contribution is 0.712. The molecular weight excluding hydrogens is 302 g/mol. The number of aryl methyl sites for hydroxylation is 1. The van der Waals surface area contributed by atoms with E-state index in [1.165, 1.54) is 16.7 Å². The highest BCUT2D eigenvalue weighted by Gasteiger charge is 2.42. The van der Waals surface area contributed by atoms with E-state index in [2.05, 4.69) is 70.2 Å². The number of rotatable bonds is 4. The molecule has 116 valence electrons. The highest BCUT2D eigenvalue weighted by atomic mass is 32.1. The van der Waals surface area contributed by atoms with Gasteiger partial charge in [0, 0.05) is 5.92 Å². The highest BCUT2D eigenvalue weighted by molar-refractivity contribution is 7.71. The first kappa shape index (κ1) is 14.4. The summed E-state index contributed by atoms with van der Waals surface area (Å²) >= 11 is 5.44. The minimum atomic E-state index is 0.467. The van der Waals surface area contributed by atoms with Crippen LogP contribution in [-0.4, -0.2) is 14.8 Å². The van der Waals surface area contributed by atoms with Gasteiger partial charge in [0.2, 0.25) is 0 Å². The lowest BCUT2D eigenvalue weighted by Gasteiger charge is -2.07. The summed E-state index contributed by atoms with van der Waals surface area (Å²) in [6.07, 6.45) is 1.15. The Bertz CT molecular complexity index is 862. The molecule has 0 saturated heterocycles. The first-order valence-corrected chi connectivity index (χ1v) is 8.39. The zero-order valence-electron chi connectivity index (χ0n) is 13.1. The van der Waals surface area contributed by atoms with E-state index in [0.29, 0.717) is 16.6 Å². The first-order chi connectivity index (χ1) is 11.2. The molecule has 2 aromatic carbocycles. The average Bonchev–Trinajstić information content (AvgIpc) is 3.28. The predicted molar refractivity (Wildman–Crippen MR) is 94.2 cm³/mol. The molecule has 3 nitrogen and oxygen atoms in total.